The van der Waals surface area contributed by atoms with E-state index in [2.05, 4.69) is 21.3 Å². The van der Waals surface area contributed by atoms with E-state index in [1.807, 2.05) is 11.8 Å². The monoisotopic (exact) mass is 470 g/mol. The average Bonchev–Trinajstić information content (AvgIpc) is 3.44. The SMILES string of the molecule is O=C1N[C@H]2[C@H](CS[C@H]2CCCCC(=O)C(CCC[C@@H]2SC[C@@H]3NC(=O)N[C@@H]32)C(=O)O)N1. The van der Waals surface area contributed by atoms with Gasteiger partial charge in [-0.15, -0.1) is 0 Å². The van der Waals surface area contributed by atoms with E-state index >= 15 is 0 Å². The predicted octanol–water partition coefficient (Wildman–Crippen LogP) is 1.32. The molecule has 0 saturated carbocycles. The van der Waals surface area contributed by atoms with Crippen molar-refractivity contribution in [1.82, 2.24) is 21.3 Å². The maximum absolute atomic E-state index is 12.5. The van der Waals surface area contributed by atoms with E-state index in [-0.39, 0.29) is 53.7 Å². The number of unbranched alkanes of at least 4 members (excludes halogenated alkanes) is 1. The molecule has 4 aliphatic rings. The Morgan fingerprint density at radius 3 is 1.97 bits per heavy atom. The van der Waals surface area contributed by atoms with Crippen LogP contribution in [-0.2, 0) is 9.59 Å². The van der Waals surface area contributed by atoms with Gasteiger partial charge in [-0.2, -0.15) is 23.5 Å². The Kier molecular flexibility index (Phi) is 7.20. The van der Waals surface area contributed by atoms with Crippen molar-refractivity contribution in [1.29, 1.82) is 0 Å². The number of carboxylic acid groups (broad SMARTS) is 1. The molecule has 1 unspecified atom stereocenters. The number of hydrogen-bond donors (Lipinski definition) is 5. The third-order valence-corrected chi connectivity index (χ3v) is 9.72. The van der Waals surface area contributed by atoms with Crippen molar-refractivity contribution in [2.24, 2.45) is 5.92 Å². The fourth-order valence-electron chi connectivity index (χ4n) is 5.05. The number of Topliss-reactive ketones (excluding diaryl/α,β-unsaturated/α-hetero) is 1. The smallest absolute Gasteiger partial charge is 0.315 e. The van der Waals surface area contributed by atoms with Crippen molar-refractivity contribution >= 4 is 47.3 Å². The first-order chi connectivity index (χ1) is 14.9. The molecular weight excluding hydrogens is 440 g/mol. The van der Waals surface area contributed by atoms with Gasteiger partial charge in [-0.1, -0.05) is 12.8 Å². The van der Waals surface area contributed by atoms with Crippen molar-refractivity contribution in [3.05, 3.63) is 0 Å². The van der Waals surface area contributed by atoms with Crippen LogP contribution in [-0.4, -0.2) is 75.1 Å². The molecule has 7 atom stereocenters. The summed E-state index contributed by atoms with van der Waals surface area (Å²) in [6.45, 7) is 0. The Morgan fingerprint density at radius 2 is 1.42 bits per heavy atom. The molecule has 4 saturated heterocycles. The van der Waals surface area contributed by atoms with Crippen molar-refractivity contribution in [2.75, 3.05) is 11.5 Å². The van der Waals surface area contributed by atoms with E-state index in [1.54, 1.807) is 11.8 Å². The minimum atomic E-state index is -1.04. The van der Waals surface area contributed by atoms with Gasteiger partial charge in [0.15, 0.2) is 0 Å². The highest BCUT2D eigenvalue weighted by Crippen LogP contribution is 2.34. The molecule has 0 aromatic carbocycles. The lowest BCUT2D eigenvalue weighted by Gasteiger charge is -2.18. The number of carbonyl (C=O) groups is 4. The summed E-state index contributed by atoms with van der Waals surface area (Å²) in [5, 5.41) is 21.9. The number of carboxylic acids is 1. The molecule has 0 aliphatic carbocycles. The van der Waals surface area contributed by atoms with Crippen LogP contribution in [0, 0.1) is 5.92 Å². The Labute approximate surface area is 190 Å². The first kappa shape index (κ1) is 22.6. The molecule has 0 bridgehead atoms. The number of ketones is 1. The van der Waals surface area contributed by atoms with Crippen LogP contribution in [0.4, 0.5) is 9.59 Å². The summed E-state index contributed by atoms with van der Waals surface area (Å²) in [6, 6.07) is 0.385. The summed E-state index contributed by atoms with van der Waals surface area (Å²) >= 11 is 3.65. The summed E-state index contributed by atoms with van der Waals surface area (Å²) in [5.41, 5.74) is 0. The predicted molar refractivity (Wildman–Crippen MR) is 119 cm³/mol. The van der Waals surface area contributed by atoms with E-state index in [1.165, 1.54) is 0 Å². The van der Waals surface area contributed by atoms with Crippen LogP contribution >= 0.6 is 23.5 Å². The fraction of sp³-hybridized carbons (Fsp3) is 0.800. The molecule has 172 valence electrons. The minimum Gasteiger partial charge on any atom is -0.481 e. The molecule has 9 nitrogen and oxygen atoms in total. The molecule has 5 N–H and O–H groups in total. The first-order valence-corrected chi connectivity index (χ1v) is 13.1. The van der Waals surface area contributed by atoms with Gasteiger partial charge in [0.1, 0.15) is 11.7 Å². The maximum Gasteiger partial charge on any atom is 0.315 e. The Hall–Kier alpha value is -1.62. The molecule has 4 amide bonds. The number of hydrogen-bond acceptors (Lipinski definition) is 6. The summed E-state index contributed by atoms with van der Waals surface area (Å²) in [4.78, 5) is 47.1. The third-order valence-electron chi connectivity index (χ3n) is 6.71. The van der Waals surface area contributed by atoms with Gasteiger partial charge in [0.25, 0.3) is 0 Å². The number of aliphatic carboxylic acids is 1. The van der Waals surface area contributed by atoms with Crippen molar-refractivity contribution in [3.63, 3.8) is 0 Å². The average molecular weight is 471 g/mol. The molecule has 0 spiro atoms. The largest absolute Gasteiger partial charge is 0.481 e. The molecule has 4 rings (SSSR count). The number of nitrogens with one attached hydrogen (secondary N) is 4. The van der Waals surface area contributed by atoms with E-state index < -0.39 is 11.9 Å². The minimum absolute atomic E-state index is 0.0992. The van der Waals surface area contributed by atoms with Gasteiger partial charge in [-0.25, -0.2) is 9.59 Å². The second-order valence-electron chi connectivity index (χ2n) is 8.78. The lowest BCUT2D eigenvalue weighted by Crippen LogP contribution is -2.37. The number of carbonyl (C=O) groups excluding carboxylic acids is 3. The highest BCUT2D eigenvalue weighted by atomic mass is 32.2. The molecule has 4 aliphatic heterocycles. The normalized spacial score (nSPS) is 34.3. The van der Waals surface area contributed by atoms with E-state index in [0.29, 0.717) is 24.5 Å². The molecule has 0 radical (unpaired) electrons. The highest BCUT2D eigenvalue weighted by molar-refractivity contribution is 8.00. The van der Waals surface area contributed by atoms with E-state index in [9.17, 15) is 24.3 Å². The van der Waals surface area contributed by atoms with Gasteiger partial charge in [0.2, 0.25) is 0 Å². The van der Waals surface area contributed by atoms with Crippen molar-refractivity contribution in [2.45, 2.75) is 79.6 Å². The number of urea groups is 2. The molecule has 4 heterocycles. The quantitative estimate of drug-likeness (QED) is 0.174. The van der Waals surface area contributed by atoms with Crippen LogP contribution in [0.25, 0.3) is 0 Å². The van der Waals surface area contributed by atoms with Gasteiger partial charge >= 0.3 is 18.0 Å². The first-order valence-electron chi connectivity index (χ1n) is 11.0. The molecule has 11 heteroatoms. The Bertz CT molecular complexity index is 738. The zero-order chi connectivity index (χ0) is 22.0. The number of rotatable bonds is 11. The van der Waals surface area contributed by atoms with Gasteiger partial charge in [0.05, 0.1) is 24.2 Å². The standard InChI is InChI=1S/C20H30N4O5S2/c25-13(5-1-2-6-14-16-11(8-30-14)21-19(28)23-16)10(18(26)27)4-3-7-15-17-12(9-31-15)22-20(29)24-17/h10-12,14-17H,1-9H2,(H,26,27)(H2,21,23,28)(H2,22,24,29)/t10?,11-,12-,14-,15-,16-,17-/m0/s1. The van der Waals surface area contributed by atoms with Gasteiger partial charge in [-0.05, 0) is 25.7 Å². The number of amides is 4. The lowest BCUT2D eigenvalue weighted by molar-refractivity contribution is -0.146. The summed E-state index contributed by atoms with van der Waals surface area (Å²) < 4.78 is 0. The second kappa shape index (κ2) is 9.89. The van der Waals surface area contributed by atoms with Crippen molar-refractivity contribution in [3.8, 4) is 0 Å². The van der Waals surface area contributed by atoms with Crippen LogP contribution in [0.2, 0.25) is 0 Å². The molecular formula is C20H30N4O5S2. The summed E-state index contributed by atoms with van der Waals surface area (Å²) in [7, 11) is 0. The van der Waals surface area contributed by atoms with Crippen LogP contribution in [0.3, 0.4) is 0 Å². The Morgan fingerprint density at radius 1 is 0.871 bits per heavy atom. The maximum atomic E-state index is 12.5. The van der Waals surface area contributed by atoms with E-state index in [4.69, 9.17) is 0 Å². The van der Waals surface area contributed by atoms with Gasteiger partial charge < -0.3 is 26.4 Å². The summed E-state index contributed by atoms with van der Waals surface area (Å²) in [6.07, 6.45) is 4.54. The van der Waals surface area contributed by atoms with Crippen molar-refractivity contribution < 1.29 is 24.3 Å². The van der Waals surface area contributed by atoms with Gasteiger partial charge in [-0.3, -0.25) is 9.59 Å². The third kappa shape index (κ3) is 5.24. The molecule has 0 aromatic rings. The number of fused-ring (bicyclic) bond motifs is 2. The molecule has 0 aromatic heterocycles. The summed E-state index contributed by atoms with van der Waals surface area (Å²) in [5.74, 6) is -0.383. The van der Waals surface area contributed by atoms with Gasteiger partial charge in [0, 0.05) is 28.4 Å². The molecule has 4 fully saturated rings. The van der Waals surface area contributed by atoms with Crippen LogP contribution < -0.4 is 21.3 Å². The zero-order valence-electron chi connectivity index (χ0n) is 17.3. The second-order valence-corrected chi connectivity index (χ2v) is 11.3. The Balaban J connectivity index is 1.15. The van der Waals surface area contributed by atoms with Crippen LogP contribution in [0.5, 0.6) is 0 Å². The van der Waals surface area contributed by atoms with E-state index in [0.717, 1.165) is 30.8 Å². The van der Waals surface area contributed by atoms with Crippen LogP contribution in [0.15, 0.2) is 0 Å². The molecule has 31 heavy (non-hydrogen) atoms. The fourth-order valence-corrected chi connectivity index (χ4v) is 8.14. The highest BCUT2D eigenvalue weighted by Gasteiger charge is 2.43. The lowest BCUT2D eigenvalue weighted by atomic mass is 9.92. The zero-order valence-corrected chi connectivity index (χ0v) is 18.9. The number of thioether (sulfide) groups is 2. The topological polar surface area (TPSA) is 137 Å². The van der Waals surface area contributed by atoms with Crippen LogP contribution in [0.1, 0.15) is 44.9 Å².